The quantitative estimate of drug-likeness (QED) is 0.505. The van der Waals surface area contributed by atoms with E-state index in [4.69, 9.17) is 0 Å². The summed E-state index contributed by atoms with van der Waals surface area (Å²) in [7, 11) is 0. The second-order valence-corrected chi connectivity index (χ2v) is 9.45. The second kappa shape index (κ2) is 8.20. The van der Waals surface area contributed by atoms with E-state index >= 15 is 0 Å². The minimum Gasteiger partial charge on any atom is -0.0625 e. The SMILES string of the molecule is CC1CCC([C@H]2CCCC(C)C[C@@H](C3CCCCC3)C2)CC1. The molecular formula is C22H40. The van der Waals surface area contributed by atoms with Crippen LogP contribution in [0.2, 0.25) is 0 Å². The average Bonchev–Trinajstić information content (AvgIpc) is 2.52. The second-order valence-electron chi connectivity index (χ2n) is 9.45. The Balaban J connectivity index is 1.62. The highest BCUT2D eigenvalue weighted by Gasteiger charge is 2.33. The van der Waals surface area contributed by atoms with Gasteiger partial charge < -0.3 is 0 Å². The van der Waals surface area contributed by atoms with E-state index < -0.39 is 0 Å². The molecule has 3 atom stereocenters. The Labute approximate surface area is 139 Å². The van der Waals surface area contributed by atoms with Crippen molar-refractivity contribution >= 4 is 0 Å². The lowest BCUT2D eigenvalue weighted by molar-refractivity contribution is 0.109. The zero-order chi connectivity index (χ0) is 15.4. The van der Waals surface area contributed by atoms with E-state index in [2.05, 4.69) is 13.8 Å². The summed E-state index contributed by atoms with van der Waals surface area (Å²) in [5.41, 5.74) is 0. The molecule has 3 fully saturated rings. The maximum atomic E-state index is 2.54. The largest absolute Gasteiger partial charge is 0.0625 e. The zero-order valence-corrected chi connectivity index (χ0v) is 15.4. The summed E-state index contributed by atoms with van der Waals surface area (Å²) < 4.78 is 0. The van der Waals surface area contributed by atoms with Gasteiger partial charge in [-0.15, -0.1) is 0 Å². The van der Waals surface area contributed by atoms with Gasteiger partial charge in [0.25, 0.3) is 0 Å². The summed E-state index contributed by atoms with van der Waals surface area (Å²) in [6.07, 6.45) is 21.6. The third kappa shape index (κ3) is 4.51. The fraction of sp³-hybridized carbons (Fsp3) is 1.00. The van der Waals surface area contributed by atoms with Crippen LogP contribution in [0.15, 0.2) is 0 Å². The summed E-state index contributed by atoms with van der Waals surface area (Å²) in [6.45, 7) is 5.01. The van der Waals surface area contributed by atoms with E-state index in [-0.39, 0.29) is 0 Å². The first kappa shape index (κ1) is 16.8. The number of hydrogen-bond acceptors (Lipinski definition) is 0. The van der Waals surface area contributed by atoms with Crippen LogP contribution in [0.3, 0.4) is 0 Å². The van der Waals surface area contributed by atoms with E-state index in [1.54, 1.807) is 44.9 Å². The fourth-order valence-corrected chi connectivity index (χ4v) is 6.14. The molecule has 0 heterocycles. The maximum absolute atomic E-state index is 2.54. The molecule has 0 N–H and O–H groups in total. The third-order valence-electron chi connectivity index (χ3n) is 7.63. The number of rotatable bonds is 2. The minimum atomic E-state index is 0.999. The van der Waals surface area contributed by atoms with Crippen molar-refractivity contribution in [2.45, 2.75) is 104 Å². The Kier molecular flexibility index (Phi) is 6.28. The molecule has 0 aromatic rings. The molecule has 0 nitrogen and oxygen atoms in total. The summed E-state index contributed by atoms with van der Waals surface area (Å²) in [5, 5.41) is 0. The Morgan fingerprint density at radius 3 is 1.77 bits per heavy atom. The molecule has 0 heteroatoms. The van der Waals surface area contributed by atoms with Crippen LogP contribution in [-0.2, 0) is 0 Å². The van der Waals surface area contributed by atoms with Gasteiger partial charge in [-0.05, 0) is 61.2 Å². The molecule has 128 valence electrons. The lowest BCUT2D eigenvalue weighted by atomic mass is 9.65. The van der Waals surface area contributed by atoms with Crippen LogP contribution in [0.1, 0.15) is 104 Å². The van der Waals surface area contributed by atoms with E-state index in [9.17, 15) is 0 Å². The van der Waals surface area contributed by atoms with Crippen LogP contribution in [0.5, 0.6) is 0 Å². The summed E-state index contributed by atoms with van der Waals surface area (Å²) in [4.78, 5) is 0. The summed E-state index contributed by atoms with van der Waals surface area (Å²) in [5.74, 6) is 6.38. The highest BCUT2D eigenvalue weighted by atomic mass is 14.4. The molecule has 0 amide bonds. The first-order chi connectivity index (χ1) is 10.7. The van der Waals surface area contributed by atoms with E-state index in [0.717, 1.165) is 35.5 Å². The molecule has 0 aromatic carbocycles. The minimum absolute atomic E-state index is 0.999. The molecular weight excluding hydrogens is 264 g/mol. The van der Waals surface area contributed by atoms with Crippen LogP contribution in [0.4, 0.5) is 0 Å². The first-order valence-corrected chi connectivity index (χ1v) is 10.7. The molecule has 3 saturated carbocycles. The highest BCUT2D eigenvalue weighted by Crippen LogP contribution is 2.45. The molecule has 22 heavy (non-hydrogen) atoms. The van der Waals surface area contributed by atoms with Crippen LogP contribution >= 0.6 is 0 Å². The predicted molar refractivity (Wildman–Crippen MR) is 96.9 cm³/mol. The highest BCUT2D eigenvalue weighted by molar-refractivity contribution is 4.84. The van der Waals surface area contributed by atoms with Gasteiger partial charge >= 0.3 is 0 Å². The van der Waals surface area contributed by atoms with E-state index in [0.29, 0.717) is 0 Å². The van der Waals surface area contributed by atoms with Crippen molar-refractivity contribution in [3.63, 3.8) is 0 Å². The van der Waals surface area contributed by atoms with Gasteiger partial charge in [0.05, 0.1) is 0 Å². The van der Waals surface area contributed by atoms with E-state index in [1.807, 2.05) is 0 Å². The van der Waals surface area contributed by atoms with Crippen molar-refractivity contribution in [1.82, 2.24) is 0 Å². The smallest absolute Gasteiger partial charge is 0.0381 e. The molecule has 0 spiro atoms. The van der Waals surface area contributed by atoms with Crippen LogP contribution in [0.25, 0.3) is 0 Å². The van der Waals surface area contributed by atoms with Crippen molar-refractivity contribution < 1.29 is 0 Å². The van der Waals surface area contributed by atoms with Gasteiger partial charge in [0.2, 0.25) is 0 Å². The Morgan fingerprint density at radius 2 is 1.05 bits per heavy atom. The monoisotopic (exact) mass is 304 g/mol. The van der Waals surface area contributed by atoms with Gasteiger partial charge in [-0.3, -0.25) is 0 Å². The molecule has 3 aliphatic carbocycles. The van der Waals surface area contributed by atoms with Gasteiger partial charge in [-0.2, -0.15) is 0 Å². The van der Waals surface area contributed by atoms with Crippen molar-refractivity contribution in [3.8, 4) is 0 Å². The summed E-state index contributed by atoms with van der Waals surface area (Å²) >= 11 is 0. The fourth-order valence-electron chi connectivity index (χ4n) is 6.14. The molecule has 3 aliphatic rings. The maximum Gasteiger partial charge on any atom is -0.0381 e. The molecule has 0 saturated heterocycles. The molecule has 1 unspecified atom stereocenters. The van der Waals surface area contributed by atoms with Crippen LogP contribution in [0, 0.1) is 35.5 Å². The molecule has 0 aromatic heterocycles. The van der Waals surface area contributed by atoms with E-state index in [1.165, 1.54) is 44.9 Å². The molecule has 0 aliphatic heterocycles. The first-order valence-electron chi connectivity index (χ1n) is 10.7. The molecule has 0 bridgehead atoms. The van der Waals surface area contributed by atoms with Crippen LogP contribution < -0.4 is 0 Å². The topological polar surface area (TPSA) is 0 Å². The third-order valence-corrected chi connectivity index (χ3v) is 7.63. The number of hydrogen-bond donors (Lipinski definition) is 0. The van der Waals surface area contributed by atoms with Crippen molar-refractivity contribution in [2.75, 3.05) is 0 Å². The van der Waals surface area contributed by atoms with Crippen molar-refractivity contribution in [1.29, 1.82) is 0 Å². The Hall–Kier alpha value is 0. The van der Waals surface area contributed by atoms with Gasteiger partial charge in [0.1, 0.15) is 0 Å². The standard InChI is InChI=1S/C22H40/c1-17-11-13-20(14-12-17)21-10-6-7-18(2)15-22(16-21)19-8-4-3-5-9-19/h17-22H,3-16H2,1-2H3/t17?,18?,20?,21-,22+/m0/s1. The predicted octanol–water partition coefficient (Wildman–Crippen LogP) is 7.23. The van der Waals surface area contributed by atoms with Gasteiger partial charge in [-0.25, -0.2) is 0 Å². The zero-order valence-electron chi connectivity index (χ0n) is 15.4. The van der Waals surface area contributed by atoms with Crippen molar-refractivity contribution in [2.24, 2.45) is 35.5 Å². The van der Waals surface area contributed by atoms with Gasteiger partial charge in [-0.1, -0.05) is 78.1 Å². The molecule has 3 rings (SSSR count). The van der Waals surface area contributed by atoms with Crippen LogP contribution in [-0.4, -0.2) is 0 Å². The lowest BCUT2D eigenvalue weighted by Crippen LogP contribution is -2.29. The van der Waals surface area contributed by atoms with Gasteiger partial charge in [0.15, 0.2) is 0 Å². The Morgan fingerprint density at radius 1 is 0.409 bits per heavy atom. The summed E-state index contributed by atoms with van der Waals surface area (Å²) in [6, 6.07) is 0. The normalized spacial score (nSPS) is 42.5. The Bertz CT molecular complexity index is 306. The lowest BCUT2D eigenvalue weighted by Gasteiger charge is -2.40. The molecule has 0 radical (unpaired) electrons. The van der Waals surface area contributed by atoms with Gasteiger partial charge in [0, 0.05) is 0 Å². The van der Waals surface area contributed by atoms with Crippen molar-refractivity contribution in [3.05, 3.63) is 0 Å². The average molecular weight is 305 g/mol.